The molecule has 0 radical (unpaired) electrons. The molecule has 1 N–H and O–H groups in total. The molecule has 1 aliphatic heterocycles. The summed E-state index contributed by atoms with van der Waals surface area (Å²) in [4.78, 5) is 26.1. The van der Waals surface area contributed by atoms with Crippen LogP contribution >= 0.6 is 0 Å². The van der Waals surface area contributed by atoms with Crippen molar-refractivity contribution in [3.8, 4) is 0 Å². The molecule has 1 aliphatic rings. The molecule has 1 amide bonds. The van der Waals surface area contributed by atoms with E-state index in [1.165, 1.54) is 42.3 Å². The molecule has 0 bridgehead atoms. The fraction of sp³-hybridized carbons (Fsp3) is 0.391. The van der Waals surface area contributed by atoms with Crippen molar-refractivity contribution in [1.82, 2.24) is 9.62 Å². The summed E-state index contributed by atoms with van der Waals surface area (Å²) in [6.45, 7) is 6.25. The molecule has 1 unspecified atom stereocenters. The van der Waals surface area contributed by atoms with Gasteiger partial charge in [-0.15, -0.1) is 0 Å². The van der Waals surface area contributed by atoms with Crippen LogP contribution in [0.4, 0.5) is 0 Å². The molecule has 1 heterocycles. The molecular formula is C23H28N2O4S. The van der Waals surface area contributed by atoms with E-state index in [0.29, 0.717) is 12.1 Å². The molecule has 3 rings (SSSR count). The third-order valence-electron chi connectivity index (χ3n) is 5.40. The number of carbonyl (C=O) groups excluding carboxylic acids is 2. The van der Waals surface area contributed by atoms with Crippen LogP contribution in [0.15, 0.2) is 47.4 Å². The Bertz CT molecular complexity index is 1030. The molecule has 1 saturated heterocycles. The molecular weight excluding hydrogens is 400 g/mol. The van der Waals surface area contributed by atoms with Crippen LogP contribution in [0.25, 0.3) is 0 Å². The molecule has 0 saturated carbocycles. The second-order valence-corrected chi connectivity index (χ2v) is 9.66. The maximum Gasteiger partial charge on any atom is 0.240 e. The number of hydrogen-bond donors (Lipinski definition) is 1. The number of sulfonamides is 1. The lowest BCUT2D eigenvalue weighted by Gasteiger charge is -2.26. The minimum absolute atomic E-state index is 0.0334. The van der Waals surface area contributed by atoms with Crippen LogP contribution in [-0.2, 0) is 14.8 Å². The van der Waals surface area contributed by atoms with Gasteiger partial charge in [0.05, 0.1) is 10.9 Å². The van der Waals surface area contributed by atoms with Crippen molar-refractivity contribution in [2.24, 2.45) is 0 Å². The number of amides is 1. The molecule has 2 aromatic carbocycles. The lowest BCUT2D eigenvalue weighted by atomic mass is 9.99. The first kappa shape index (κ1) is 22.2. The van der Waals surface area contributed by atoms with Crippen LogP contribution in [0, 0.1) is 13.8 Å². The SMILES string of the molecule is CC(=O)c1ccc(S(=O)(=O)NCCC(=O)N2CCCC2c2cc(C)cc(C)c2)cc1. The van der Waals surface area contributed by atoms with Gasteiger partial charge >= 0.3 is 0 Å². The number of ketones is 1. The number of nitrogens with zero attached hydrogens (tertiary/aromatic N) is 1. The van der Waals surface area contributed by atoms with Crippen LogP contribution in [0.3, 0.4) is 0 Å². The largest absolute Gasteiger partial charge is 0.336 e. The minimum atomic E-state index is -3.73. The average molecular weight is 429 g/mol. The highest BCUT2D eigenvalue weighted by atomic mass is 32.2. The number of nitrogens with one attached hydrogen (secondary N) is 1. The Labute approximate surface area is 178 Å². The number of aryl methyl sites for hydroxylation is 2. The van der Waals surface area contributed by atoms with Crippen LogP contribution in [0.2, 0.25) is 0 Å². The van der Waals surface area contributed by atoms with Crippen molar-refractivity contribution in [2.45, 2.75) is 51.0 Å². The van der Waals surface area contributed by atoms with Crippen molar-refractivity contribution >= 4 is 21.7 Å². The second-order valence-electron chi connectivity index (χ2n) is 7.89. The van der Waals surface area contributed by atoms with E-state index >= 15 is 0 Å². The molecule has 7 heteroatoms. The van der Waals surface area contributed by atoms with E-state index in [-0.39, 0.29) is 35.6 Å². The molecule has 1 fully saturated rings. The lowest BCUT2D eigenvalue weighted by Crippen LogP contribution is -2.34. The first-order valence-electron chi connectivity index (χ1n) is 10.2. The molecule has 0 spiro atoms. The van der Waals surface area contributed by atoms with Gasteiger partial charge in [0.2, 0.25) is 15.9 Å². The Morgan fingerprint density at radius 3 is 2.30 bits per heavy atom. The fourth-order valence-corrected chi connectivity index (χ4v) is 5.03. The van der Waals surface area contributed by atoms with Gasteiger partial charge in [-0.1, -0.05) is 41.5 Å². The maximum absolute atomic E-state index is 12.8. The third kappa shape index (κ3) is 5.15. The van der Waals surface area contributed by atoms with Crippen LogP contribution in [0.5, 0.6) is 0 Å². The summed E-state index contributed by atoms with van der Waals surface area (Å²) in [5.74, 6) is -0.173. The minimum Gasteiger partial charge on any atom is -0.336 e. The van der Waals surface area contributed by atoms with Crippen molar-refractivity contribution in [3.05, 3.63) is 64.7 Å². The highest BCUT2D eigenvalue weighted by molar-refractivity contribution is 7.89. The summed E-state index contributed by atoms with van der Waals surface area (Å²) in [6.07, 6.45) is 1.96. The van der Waals surface area contributed by atoms with E-state index in [1.54, 1.807) is 0 Å². The standard InChI is InChI=1S/C23H28N2O4S/c1-16-13-17(2)15-20(14-16)22-5-4-12-25(22)23(27)10-11-24-30(28,29)21-8-6-19(7-9-21)18(3)26/h6-9,13-15,22,24H,4-5,10-12H2,1-3H3. The van der Waals surface area contributed by atoms with Crippen molar-refractivity contribution in [1.29, 1.82) is 0 Å². The molecule has 0 aliphatic carbocycles. The summed E-state index contributed by atoms with van der Waals surface area (Å²) < 4.78 is 27.4. The van der Waals surface area contributed by atoms with Gasteiger partial charge in [-0.3, -0.25) is 9.59 Å². The highest BCUT2D eigenvalue weighted by Gasteiger charge is 2.30. The van der Waals surface area contributed by atoms with Gasteiger partial charge < -0.3 is 4.90 Å². The molecule has 1 atom stereocenters. The monoisotopic (exact) mass is 428 g/mol. The van der Waals surface area contributed by atoms with Crippen molar-refractivity contribution in [2.75, 3.05) is 13.1 Å². The quantitative estimate of drug-likeness (QED) is 0.684. The number of likely N-dealkylation sites (tertiary alicyclic amines) is 1. The molecule has 6 nitrogen and oxygen atoms in total. The second kappa shape index (κ2) is 9.10. The van der Waals surface area contributed by atoms with E-state index in [9.17, 15) is 18.0 Å². The van der Waals surface area contributed by atoms with Gasteiger partial charge in [-0.2, -0.15) is 0 Å². The van der Waals surface area contributed by atoms with Crippen LogP contribution < -0.4 is 4.72 Å². The zero-order valence-corrected chi connectivity index (χ0v) is 18.5. The van der Waals surface area contributed by atoms with Crippen molar-refractivity contribution in [3.63, 3.8) is 0 Å². The number of Topliss-reactive ketones (excluding diaryl/α,β-unsaturated/α-hetero) is 1. The van der Waals surface area contributed by atoms with E-state index < -0.39 is 10.0 Å². The molecule has 2 aromatic rings. The zero-order valence-electron chi connectivity index (χ0n) is 17.6. The number of rotatable bonds is 7. The Kier molecular flexibility index (Phi) is 6.73. The summed E-state index contributed by atoms with van der Waals surface area (Å²) in [5, 5.41) is 0. The number of hydrogen-bond acceptors (Lipinski definition) is 4. The van der Waals surface area contributed by atoms with Gasteiger partial charge in [0, 0.05) is 25.1 Å². The van der Waals surface area contributed by atoms with E-state index in [2.05, 4.69) is 36.8 Å². The summed E-state index contributed by atoms with van der Waals surface area (Å²) in [7, 11) is -3.73. The number of carbonyl (C=O) groups is 2. The van der Waals surface area contributed by atoms with Gasteiger partial charge in [0.1, 0.15) is 0 Å². The van der Waals surface area contributed by atoms with Crippen LogP contribution in [0.1, 0.15) is 59.3 Å². The molecule has 160 valence electrons. The smallest absolute Gasteiger partial charge is 0.240 e. The van der Waals surface area contributed by atoms with Crippen molar-refractivity contribution < 1.29 is 18.0 Å². The topological polar surface area (TPSA) is 83.5 Å². The van der Waals surface area contributed by atoms with Gasteiger partial charge in [-0.25, -0.2) is 13.1 Å². The van der Waals surface area contributed by atoms with Crippen LogP contribution in [-0.4, -0.2) is 38.1 Å². The summed E-state index contributed by atoms with van der Waals surface area (Å²) >= 11 is 0. The summed E-state index contributed by atoms with van der Waals surface area (Å²) in [6, 6.07) is 12.2. The fourth-order valence-electron chi connectivity index (χ4n) is 4.00. The normalized spacial score (nSPS) is 16.6. The Hall–Kier alpha value is -2.51. The first-order valence-corrected chi connectivity index (χ1v) is 11.6. The zero-order chi connectivity index (χ0) is 21.9. The molecule has 30 heavy (non-hydrogen) atoms. The third-order valence-corrected chi connectivity index (χ3v) is 6.88. The van der Waals surface area contributed by atoms with E-state index in [4.69, 9.17) is 0 Å². The molecule has 0 aromatic heterocycles. The Morgan fingerprint density at radius 1 is 1.07 bits per heavy atom. The average Bonchev–Trinajstić information content (AvgIpc) is 3.17. The Morgan fingerprint density at radius 2 is 1.70 bits per heavy atom. The first-order chi connectivity index (χ1) is 14.2. The van der Waals surface area contributed by atoms with E-state index in [0.717, 1.165) is 18.4 Å². The maximum atomic E-state index is 12.8. The predicted molar refractivity (Wildman–Crippen MR) is 116 cm³/mol. The van der Waals surface area contributed by atoms with Gasteiger partial charge in [-0.05, 0) is 51.3 Å². The highest BCUT2D eigenvalue weighted by Crippen LogP contribution is 2.33. The van der Waals surface area contributed by atoms with Gasteiger partial charge in [0.25, 0.3) is 0 Å². The van der Waals surface area contributed by atoms with Gasteiger partial charge in [0.15, 0.2) is 5.78 Å². The lowest BCUT2D eigenvalue weighted by molar-refractivity contribution is -0.131. The van der Waals surface area contributed by atoms with E-state index in [1.807, 2.05) is 4.90 Å². The number of benzene rings is 2. The predicted octanol–water partition coefficient (Wildman–Crippen LogP) is 3.54. The summed E-state index contributed by atoms with van der Waals surface area (Å²) in [5.41, 5.74) is 3.95. The Balaban J connectivity index is 1.61.